The van der Waals surface area contributed by atoms with Crippen LogP contribution in [0.3, 0.4) is 0 Å². The molecule has 7 heteroatoms. The SMILES string of the molecule is CCc1cc2c(S[C@H](C(N)=O)c3ccc(F)cc3)ncnc2s1. The second kappa shape index (κ2) is 6.64. The number of nitrogens with two attached hydrogens (primary N) is 1. The van der Waals surface area contributed by atoms with E-state index in [0.717, 1.165) is 16.6 Å². The van der Waals surface area contributed by atoms with Crippen LogP contribution in [0.4, 0.5) is 4.39 Å². The van der Waals surface area contributed by atoms with Gasteiger partial charge in [0.2, 0.25) is 5.91 Å². The summed E-state index contributed by atoms with van der Waals surface area (Å²) in [6.45, 7) is 2.08. The largest absolute Gasteiger partial charge is 0.368 e. The number of carbonyl (C=O) groups excluding carboxylic acids is 1. The first kappa shape index (κ1) is 15.9. The lowest BCUT2D eigenvalue weighted by atomic mass is 10.1. The average molecular weight is 347 g/mol. The van der Waals surface area contributed by atoms with E-state index in [2.05, 4.69) is 16.9 Å². The van der Waals surface area contributed by atoms with E-state index in [4.69, 9.17) is 5.73 Å². The highest BCUT2D eigenvalue weighted by atomic mass is 32.2. The van der Waals surface area contributed by atoms with Crippen LogP contribution >= 0.6 is 23.1 Å². The molecule has 0 aliphatic carbocycles. The zero-order valence-corrected chi connectivity index (χ0v) is 14.0. The number of hydrogen-bond donors (Lipinski definition) is 1. The number of rotatable bonds is 5. The Bertz CT molecular complexity index is 848. The Kier molecular flexibility index (Phi) is 4.58. The molecule has 2 N–H and O–H groups in total. The van der Waals surface area contributed by atoms with Crippen LogP contribution in [-0.4, -0.2) is 15.9 Å². The van der Waals surface area contributed by atoms with Crippen LogP contribution in [0.1, 0.15) is 22.6 Å². The van der Waals surface area contributed by atoms with Crippen LogP contribution in [0.15, 0.2) is 41.7 Å². The molecule has 2 aromatic heterocycles. The second-order valence-corrected chi connectivity index (χ2v) is 7.12. The van der Waals surface area contributed by atoms with Gasteiger partial charge in [-0.15, -0.1) is 11.3 Å². The van der Waals surface area contributed by atoms with E-state index in [1.807, 2.05) is 6.07 Å². The van der Waals surface area contributed by atoms with E-state index in [0.29, 0.717) is 10.6 Å². The number of benzene rings is 1. The van der Waals surface area contributed by atoms with Gasteiger partial charge in [-0.1, -0.05) is 30.8 Å². The van der Waals surface area contributed by atoms with E-state index in [9.17, 15) is 9.18 Å². The first-order valence-electron chi connectivity index (χ1n) is 7.03. The van der Waals surface area contributed by atoms with Gasteiger partial charge < -0.3 is 5.73 Å². The van der Waals surface area contributed by atoms with Crippen LogP contribution in [-0.2, 0) is 11.2 Å². The van der Waals surface area contributed by atoms with Crippen molar-refractivity contribution in [2.45, 2.75) is 23.6 Å². The Hall–Kier alpha value is -1.99. The van der Waals surface area contributed by atoms with Crippen molar-refractivity contribution in [1.82, 2.24) is 9.97 Å². The molecule has 0 saturated heterocycles. The summed E-state index contributed by atoms with van der Waals surface area (Å²) in [5, 5.41) is 1.01. The topological polar surface area (TPSA) is 68.9 Å². The highest BCUT2D eigenvalue weighted by Crippen LogP contribution is 2.39. The van der Waals surface area contributed by atoms with Gasteiger partial charge in [0.15, 0.2) is 0 Å². The fourth-order valence-corrected chi connectivity index (χ4v) is 4.21. The van der Waals surface area contributed by atoms with Gasteiger partial charge in [0.1, 0.15) is 27.3 Å². The van der Waals surface area contributed by atoms with Crippen molar-refractivity contribution < 1.29 is 9.18 Å². The maximum atomic E-state index is 13.1. The van der Waals surface area contributed by atoms with Crippen molar-refractivity contribution in [1.29, 1.82) is 0 Å². The van der Waals surface area contributed by atoms with Crippen LogP contribution in [0.25, 0.3) is 10.2 Å². The summed E-state index contributed by atoms with van der Waals surface area (Å²) in [5.74, 6) is -0.837. The van der Waals surface area contributed by atoms with E-state index in [1.54, 1.807) is 23.5 Å². The number of thioether (sulfide) groups is 1. The first-order valence-corrected chi connectivity index (χ1v) is 8.73. The third-order valence-corrected chi connectivity index (χ3v) is 5.83. The van der Waals surface area contributed by atoms with Crippen molar-refractivity contribution in [2.75, 3.05) is 0 Å². The number of thiophene rings is 1. The smallest absolute Gasteiger partial charge is 0.235 e. The molecule has 1 aromatic carbocycles. The van der Waals surface area contributed by atoms with Crippen molar-refractivity contribution in [3.8, 4) is 0 Å². The minimum atomic E-state index is -0.626. The Balaban J connectivity index is 1.99. The number of primary amides is 1. The predicted molar refractivity (Wildman–Crippen MR) is 91.0 cm³/mol. The summed E-state index contributed by atoms with van der Waals surface area (Å²) in [6.07, 6.45) is 2.41. The molecule has 0 aliphatic rings. The van der Waals surface area contributed by atoms with Crippen LogP contribution in [0, 0.1) is 5.82 Å². The number of amides is 1. The van der Waals surface area contributed by atoms with Crippen molar-refractivity contribution in [2.24, 2.45) is 5.73 Å². The lowest BCUT2D eigenvalue weighted by molar-refractivity contribution is -0.117. The number of hydrogen-bond acceptors (Lipinski definition) is 5. The molecular weight excluding hydrogens is 333 g/mol. The fraction of sp³-hybridized carbons (Fsp3) is 0.188. The zero-order valence-electron chi connectivity index (χ0n) is 12.3. The fourth-order valence-electron chi connectivity index (χ4n) is 2.19. The molecule has 0 bridgehead atoms. The Morgan fingerprint density at radius 3 is 2.74 bits per heavy atom. The van der Waals surface area contributed by atoms with Gasteiger partial charge in [0.25, 0.3) is 0 Å². The van der Waals surface area contributed by atoms with Gasteiger partial charge in [0, 0.05) is 10.3 Å². The summed E-state index contributed by atoms with van der Waals surface area (Å²) < 4.78 is 13.1. The van der Waals surface area contributed by atoms with Gasteiger partial charge >= 0.3 is 0 Å². The average Bonchev–Trinajstić information content (AvgIpc) is 2.97. The lowest BCUT2D eigenvalue weighted by Gasteiger charge is -2.13. The second-order valence-electron chi connectivity index (χ2n) is 4.92. The third kappa shape index (κ3) is 3.35. The molecule has 0 aliphatic heterocycles. The van der Waals surface area contributed by atoms with E-state index in [-0.39, 0.29) is 5.82 Å². The summed E-state index contributed by atoms with van der Waals surface area (Å²) in [7, 11) is 0. The molecule has 23 heavy (non-hydrogen) atoms. The molecule has 3 rings (SSSR count). The Morgan fingerprint density at radius 1 is 1.35 bits per heavy atom. The number of carbonyl (C=O) groups is 1. The molecule has 0 unspecified atom stereocenters. The van der Waals surface area contributed by atoms with Crippen LogP contribution in [0.5, 0.6) is 0 Å². The van der Waals surface area contributed by atoms with Gasteiger partial charge in [-0.2, -0.15) is 0 Å². The molecule has 0 saturated carbocycles. The summed E-state index contributed by atoms with van der Waals surface area (Å²) >= 11 is 2.88. The van der Waals surface area contributed by atoms with Crippen molar-refractivity contribution in [3.05, 3.63) is 52.9 Å². The van der Waals surface area contributed by atoms with Gasteiger partial charge in [-0.25, -0.2) is 14.4 Å². The molecule has 0 radical (unpaired) electrons. The predicted octanol–water partition coefficient (Wildman–Crippen LogP) is 3.71. The van der Waals surface area contributed by atoms with Gasteiger partial charge in [0.05, 0.1) is 0 Å². The number of nitrogens with zero attached hydrogens (tertiary/aromatic N) is 2. The van der Waals surface area contributed by atoms with Gasteiger partial charge in [-0.05, 0) is 30.2 Å². The standard InChI is InChI=1S/C16H14FN3OS2/c1-2-11-7-12-15(22-11)19-8-20-16(12)23-13(14(18)21)9-3-5-10(17)6-4-9/h3-8,13H,2H2,1H3,(H2,18,21)/t13-/m0/s1. The lowest BCUT2D eigenvalue weighted by Crippen LogP contribution is -2.19. The molecular formula is C16H14FN3OS2. The highest BCUT2D eigenvalue weighted by molar-refractivity contribution is 8.00. The monoisotopic (exact) mass is 347 g/mol. The molecule has 3 aromatic rings. The van der Waals surface area contributed by atoms with Gasteiger partial charge in [-0.3, -0.25) is 4.79 Å². The maximum absolute atomic E-state index is 13.1. The van der Waals surface area contributed by atoms with E-state index < -0.39 is 11.2 Å². The Morgan fingerprint density at radius 2 is 2.09 bits per heavy atom. The Labute approximate surface area is 140 Å². The van der Waals surface area contributed by atoms with E-state index >= 15 is 0 Å². The molecule has 118 valence electrons. The summed E-state index contributed by atoms with van der Waals surface area (Å²) in [4.78, 5) is 22.5. The molecule has 0 spiro atoms. The normalized spacial score (nSPS) is 12.4. The van der Waals surface area contributed by atoms with E-state index in [1.165, 1.54) is 35.1 Å². The molecule has 0 fully saturated rings. The first-order chi connectivity index (χ1) is 11.1. The number of aryl methyl sites for hydroxylation is 1. The maximum Gasteiger partial charge on any atom is 0.235 e. The zero-order chi connectivity index (χ0) is 16.4. The highest BCUT2D eigenvalue weighted by Gasteiger charge is 2.22. The number of halogens is 1. The summed E-state index contributed by atoms with van der Waals surface area (Å²) in [6, 6.07) is 7.83. The van der Waals surface area contributed by atoms with Crippen LogP contribution < -0.4 is 5.73 Å². The number of aromatic nitrogens is 2. The molecule has 2 heterocycles. The molecule has 1 amide bonds. The molecule has 1 atom stereocenters. The van der Waals surface area contributed by atoms with Crippen molar-refractivity contribution in [3.63, 3.8) is 0 Å². The molecule has 4 nitrogen and oxygen atoms in total. The van der Waals surface area contributed by atoms with Crippen LogP contribution in [0.2, 0.25) is 0 Å². The third-order valence-electron chi connectivity index (χ3n) is 3.35. The van der Waals surface area contributed by atoms with Crippen molar-refractivity contribution >= 4 is 39.2 Å². The number of fused-ring (bicyclic) bond motifs is 1. The minimum Gasteiger partial charge on any atom is -0.368 e. The minimum absolute atomic E-state index is 0.350. The quantitative estimate of drug-likeness (QED) is 0.564. The summed E-state index contributed by atoms with van der Waals surface area (Å²) in [5.41, 5.74) is 6.19.